The molecule has 0 N–H and O–H groups in total. The predicted octanol–water partition coefficient (Wildman–Crippen LogP) is 2.12. The monoisotopic (exact) mass is 440 g/mol. The number of carbonyl (C=O) groups excluding carboxylic acids is 3. The molecule has 0 aromatic heterocycles. The molecule has 2 rings (SSSR count). The summed E-state index contributed by atoms with van der Waals surface area (Å²) in [5.41, 5.74) is -2.70. The Morgan fingerprint density at radius 2 is 1.87 bits per heavy atom. The molecule has 2 bridgehead atoms. The number of halogens is 1. The van der Waals surface area contributed by atoms with Crippen LogP contribution in [0.5, 0.6) is 0 Å². The molecule has 1 amide bonds. The first-order valence-corrected chi connectivity index (χ1v) is 7.95. The maximum Gasteiger partial charge on any atom is 0.442 e. The smallest absolute Gasteiger partial charge is 0.442 e. The highest BCUT2D eigenvalue weighted by atomic mass is 127. The van der Waals surface area contributed by atoms with Crippen molar-refractivity contribution >= 4 is 40.9 Å². The summed E-state index contributed by atoms with van der Waals surface area (Å²) in [5.74, 6) is -1.04. The van der Waals surface area contributed by atoms with Gasteiger partial charge in [-0.05, 0) is 19.8 Å². The van der Waals surface area contributed by atoms with Crippen molar-refractivity contribution in [3.8, 4) is 0 Å². The number of carbonyl (C=O) groups is 3. The summed E-state index contributed by atoms with van der Waals surface area (Å²) in [6.45, 7) is 4.98. The minimum Gasteiger partial charge on any atom is -0.459 e. The number of nitrogens with zero attached hydrogens (tertiary/aromatic N) is 2. The minimum absolute atomic E-state index is 0.208. The number of hydrogen-bond donors (Lipinski definition) is 0. The predicted molar refractivity (Wildman–Crippen MR) is 83.9 cm³/mol. The summed E-state index contributed by atoms with van der Waals surface area (Å²) >= 11 is 1.36. The Balaban J connectivity index is 1.93. The van der Waals surface area contributed by atoms with Crippen LogP contribution in [0.3, 0.4) is 0 Å². The van der Waals surface area contributed by atoms with Crippen LogP contribution in [0.25, 0.3) is 0 Å². The standard InChI is InChI=1S/C13H17IN2O7/c1-11(2)12(3)4-5-13(11,23-8(12)17)9(18)21-6-7-22-10(19)16(14)15-20/h4-7H2,1-3H3. The molecule has 2 aliphatic rings. The Morgan fingerprint density at radius 3 is 2.35 bits per heavy atom. The maximum atomic E-state index is 12.4. The van der Waals surface area contributed by atoms with Gasteiger partial charge in [0.1, 0.15) is 13.2 Å². The fourth-order valence-corrected chi connectivity index (χ4v) is 3.31. The number of hydrogen-bond acceptors (Lipinski definition) is 8. The lowest BCUT2D eigenvalue weighted by Gasteiger charge is -2.34. The van der Waals surface area contributed by atoms with Crippen molar-refractivity contribution in [2.75, 3.05) is 13.2 Å². The van der Waals surface area contributed by atoms with Crippen LogP contribution in [0.15, 0.2) is 5.29 Å². The molecule has 9 nitrogen and oxygen atoms in total. The van der Waals surface area contributed by atoms with E-state index in [1.807, 2.05) is 13.8 Å². The molecule has 0 spiro atoms. The van der Waals surface area contributed by atoms with E-state index in [0.717, 1.165) is 0 Å². The molecule has 1 saturated heterocycles. The number of amides is 1. The van der Waals surface area contributed by atoms with Crippen LogP contribution in [-0.2, 0) is 23.8 Å². The highest BCUT2D eigenvalue weighted by molar-refractivity contribution is 14.1. The summed E-state index contributed by atoms with van der Waals surface area (Å²) in [6, 6.07) is 0. The molecule has 10 heteroatoms. The van der Waals surface area contributed by atoms with Crippen LogP contribution in [-0.4, -0.2) is 40.1 Å². The third kappa shape index (κ3) is 2.46. The van der Waals surface area contributed by atoms with Crippen LogP contribution < -0.4 is 0 Å². The van der Waals surface area contributed by atoms with Crippen molar-refractivity contribution in [1.82, 2.24) is 3.22 Å². The van der Waals surface area contributed by atoms with Gasteiger partial charge in [0.25, 0.3) is 0 Å². The Bertz CT molecular complexity index is 567. The Labute approximate surface area is 146 Å². The molecule has 0 aromatic carbocycles. The summed E-state index contributed by atoms with van der Waals surface area (Å²) in [5, 5.41) is 2.36. The number of rotatable bonds is 5. The summed E-state index contributed by atoms with van der Waals surface area (Å²) in [7, 11) is 0. The maximum absolute atomic E-state index is 12.4. The van der Waals surface area contributed by atoms with E-state index in [2.05, 4.69) is 10.0 Å². The second-order valence-electron chi connectivity index (χ2n) is 6.27. The van der Waals surface area contributed by atoms with Crippen LogP contribution in [0, 0.1) is 15.7 Å². The molecule has 128 valence electrons. The molecule has 23 heavy (non-hydrogen) atoms. The van der Waals surface area contributed by atoms with E-state index < -0.39 is 34.5 Å². The average molecular weight is 440 g/mol. The highest BCUT2D eigenvalue weighted by Gasteiger charge is 2.76. The quantitative estimate of drug-likeness (QED) is 0.122. The van der Waals surface area contributed by atoms with Gasteiger partial charge in [0, 0.05) is 5.41 Å². The average Bonchev–Trinajstić information content (AvgIpc) is 2.80. The van der Waals surface area contributed by atoms with Crippen LogP contribution in [0.1, 0.15) is 33.6 Å². The summed E-state index contributed by atoms with van der Waals surface area (Å²) in [6.07, 6.45) is -0.00861. The van der Waals surface area contributed by atoms with Crippen molar-refractivity contribution in [2.24, 2.45) is 16.1 Å². The minimum atomic E-state index is -1.30. The molecule has 1 heterocycles. The fraction of sp³-hybridized carbons (Fsp3) is 0.769. The first-order valence-electron chi connectivity index (χ1n) is 6.99. The van der Waals surface area contributed by atoms with Crippen LogP contribution in [0.4, 0.5) is 4.79 Å². The van der Waals surface area contributed by atoms with E-state index in [9.17, 15) is 19.3 Å². The molecule has 2 atom stereocenters. The number of ether oxygens (including phenoxy) is 3. The number of nitroso groups, excluding NO2 is 1. The molecular weight excluding hydrogens is 423 g/mol. The SMILES string of the molecule is CC12CCC(C(=O)OCCOC(=O)N(I)N=O)(OC1=O)C2(C)C. The van der Waals surface area contributed by atoms with E-state index in [1.54, 1.807) is 6.92 Å². The zero-order chi connectivity index (χ0) is 17.5. The van der Waals surface area contributed by atoms with E-state index in [0.29, 0.717) is 16.1 Å². The van der Waals surface area contributed by atoms with Crippen molar-refractivity contribution in [1.29, 1.82) is 0 Å². The van der Waals surface area contributed by atoms with Gasteiger partial charge < -0.3 is 14.2 Å². The van der Waals surface area contributed by atoms with Gasteiger partial charge in [0.2, 0.25) is 5.60 Å². The van der Waals surface area contributed by atoms with Gasteiger partial charge >= 0.3 is 18.0 Å². The Morgan fingerprint density at radius 1 is 1.26 bits per heavy atom. The molecule has 0 radical (unpaired) electrons. The zero-order valence-electron chi connectivity index (χ0n) is 13.0. The lowest BCUT2D eigenvalue weighted by molar-refractivity contribution is -0.183. The lowest BCUT2D eigenvalue weighted by Crippen LogP contribution is -2.49. The van der Waals surface area contributed by atoms with Crippen molar-refractivity contribution < 1.29 is 28.6 Å². The van der Waals surface area contributed by atoms with Crippen molar-refractivity contribution in [3.05, 3.63) is 4.91 Å². The van der Waals surface area contributed by atoms with Gasteiger partial charge in [-0.15, -0.1) is 4.91 Å². The van der Waals surface area contributed by atoms with Gasteiger partial charge in [-0.25, -0.2) is 9.59 Å². The molecular formula is C13H17IN2O7. The van der Waals surface area contributed by atoms with Crippen molar-refractivity contribution in [2.45, 2.75) is 39.2 Å². The summed E-state index contributed by atoms with van der Waals surface area (Å²) < 4.78 is 15.6. The molecule has 1 aliphatic heterocycles. The molecule has 2 unspecified atom stereocenters. The molecule has 0 aromatic rings. The van der Waals surface area contributed by atoms with E-state index in [-0.39, 0.29) is 13.2 Å². The Kier molecular flexibility index (Phi) is 4.57. The van der Waals surface area contributed by atoms with E-state index >= 15 is 0 Å². The van der Waals surface area contributed by atoms with Gasteiger partial charge in [0.15, 0.2) is 0 Å². The van der Waals surface area contributed by atoms with E-state index in [1.165, 1.54) is 22.9 Å². The molecule has 1 saturated carbocycles. The van der Waals surface area contributed by atoms with Gasteiger partial charge in [-0.2, -0.15) is 0 Å². The van der Waals surface area contributed by atoms with Crippen molar-refractivity contribution in [3.63, 3.8) is 0 Å². The second kappa shape index (κ2) is 5.87. The largest absolute Gasteiger partial charge is 0.459 e. The van der Waals surface area contributed by atoms with Gasteiger partial charge in [-0.3, -0.25) is 4.79 Å². The third-order valence-corrected chi connectivity index (χ3v) is 5.75. The number of esters is 2. The van der Waals surface area contributed by atoms with Gasteiger partial charge in [0.05, 0.1) is 33.6 Å². The summed E-state index contributed by atoms with van der Waals surface area (Å²) in [4.78, 5) is 45.8. The third-order valence-electron chi connectivity index (χ3n) is 5.18. The van der Waals surface area contributed by atoms with E-state index in [4.69, 9.17) is 9.47 Å². The van der Waals surface area contributed by atoms with Crippen LogP contribution in [0.2, 0.25) is 0 Å². The molecule has 1 aliphatic carbocycles. The first kappa shape index (κ1) is 17.9. The van der Waals surface area contributed by atoms with Crippen LogP contribution >= 0.6 is 22.9 Å². The molecule has 2 fully saturated rings. The zero-order valence-corrected chi connectivity index (χ0v) is 15.1. The topological polar surface area (TPSA) is 112 Å². The Hall–Kier alpha value is -1.46. The highest BCUT2D eigenvalue weighted by Crippen LogP contribution is 2.65. The first-order chi connectivity index (χ1) is 10.6. The normalized spacial score (nSPS) is 30.5. The second-order valence-corrected chi connectivity index (χ2v) is 7.18. The van der Waals surface area contributed by atoms with Gasteiger partial charge in [-0.1, -0.05) is 17.1 Å². The lowest BCUT2D eigenvalue weighted by atomic mass is 9.66. The fourth-order valence-electron chi connectivity index (χ4n) is 3.17. The number of fused-ring (bicyclic) bond motifs is 2.